The highest BCUT2D eigenvalue weighted by molar-refractivity contribution is 7.89. The lowest BCUT2D eigenvalue weighted by Gasteiger charge is -2.07. The number of hydrogen-bond acceptors (Lipinski definition) is 5. The fraction of sp³-hybridized carbons (Fsp3) is 0.222. The summed E-state index contributed by atoms with van der Waals surface area (Å²) in [6.07, 6.45) is 0. The zero-order valence-electron chi connectivity index (χ0n) is 8.76. The number of rotatable bonds is 3. The number of carbonyl (C=O) groups is 1. The van der Waals surface area contributed by atoms with Crippen LogP contribution in [0.15, 0.2) is 23.1 Å². The Morgan fingerprint density at radius 3 is 2.38 bits per heavy atom. The molecule has 16 heavy (non-hydrogen) atoms. The zero-order valence-corrected chi connectivity index (χ0v) is 9.58. The summed E-state index contributed by atoms with van der Waals surface area (Å²) in [6.45, 7) is 0. The highest BCUT2D eigenvalue weighted by Gasteiger charge is 2.16. The number of sulfonamides is 1. The zero-order chi connectivity index (χ0) is 12.3. The predicted octanol–water partition coefficient (Wildman–Crippen LogP) is 0.129. The van der Waals surface area contributed by atoms with Crippen molar-refractivity contribution in [1.29, 1.82) is 0 Å². The summed E-state index contributed by atoms with van der Waals surface area (Å²) in [6, 6.07) is 3.66. The molecule has 0 aromatic heterocycles. The van der Waals surface area contributed by atoms with E-state index in [0.717, 1.165) is 0 Å². The summed E-state index contributed by atoms with van der Waals surface area (Å²) in [4.78, 5) is 11.1. The highest BCUT2D eigenvalue weighted by Crippen LogP contribution is 2.22. The van der Waals surface area contributed by atoms with Gasteiger partial charge in [-0.2, -0.15) is 0 Å². The number of hydrogen-bond donors (Lipinski definition) is 1. The molecule has 88 valence electrons. The second-order valence-corrected chi connectivity index (χ2v) is 4.46. The Morgan fingerprint density at radius 1 is 1.31 bits per heavy atom. The first-order valence-corrected chi connectivity index (χ1v) is 5.74. The molecular weight excluding hydrogens is 234 g/mol. The van der Waals surface area contributed by atoms with Gasteiger partial charge in [0.1, 0.15) is 11.3 Å². The van der Waals surface area contributed by atoms with Crippen molar-refractivity contribution in [2.24, 2.45) is 5.14 Å². The van der Waals surface area contributed by atoms with Crippen LogP contribution in [0.1, 0.15) is 10.4 Å². The summed E-state index contributed by atoms with van der Waals surface area (Å²) in [5.74, 6) is -0.517. The largest absolute Gasteiger partial charge is 0.496 e. The minimum atomic E-state index is -3.82. The Balaban J connectivity index is 3.33. The molecule has 0 heterocycles. The van der Waals surface area contributed by atoms with Gasteiger partial charge in [0, 0.05) is 6.07 Å². The molecule has 0 aliphatic rings. The van der Waals surface area contributed by atoms with E-state index in [9.17, 15) is 13.2 Å². The van der Waals surface area contributed by atoms with E-state index in [4.69, 9.17) is 9.88 Å². The van der Waals surface area contributed by atoms with Crippen LogP contribution in [0.5, 0.6) is 5.75 Å². The first kappa shape index (κ1) is 12.5. The molecule has 1 aromatic rings. The number of esters is 1. The van der Waals surface area contributed by atoms with E-state index >= 15 is 0 Å². The monoisotopic (exact) mass is 245 g/mol. The van der Waals surface area contributed by atoms with Gasteiger partial charge >= 0.3 is 5.97 Å². The SMILES string of the molecule is COC(=O)c1ccc(S(N)(=O)=O)cc1OC. The van der Waals surface area contributed by atoms with E-state index < -0.39 is 16.0 Å². The van der Waals surface area contributed by atoms with Crippen LogP contribution in [-0.2, 0) is 14.8 Å². The standard InChI is InChI=1S/C9H11NO5S/c1-14-8-5-6(16(10,12)13)3-4-7(8)9(11)15-2/h3-5H,1-2H3,(H2,10,12,13). The second-order valence-electron chi connectivity index (χ2n) is 2.90. The van der Waals surface area contributed by atoms with Crippen LogP contribution in [0.4, 0.5) is 0 Å². The molecule has 0 radical (unpaired) electrons. The van der Waals surface area contributed by atoms with Gasteiger partial charge in [0.2, 0.25) is 10.0 Å². The van der Waals surface area contributed by atoms with E-state index in [1.54, 1.807) is 0 Å². The number of ether oxygens (including phenoxy) is 2. The third kappa shape index (κ3) is 2.50. The molecule has 1 aromatic carbocycles. The van der Waals surface area contributed by atoms with E-state index in [1.165, 1.54) is 32.4 Å². The molecule has 0 aliphatic carbocycles. The second kappa shape index (κ2) is 4.50. The topological polar surface area (TPSA) is 95.7 Å². The van der Waals surface area contributed by atoms with Gasteiger partial charge in [-0.15, -0.1) is 0 Å². The summed E-state index contributed by atoms with van der Waals surface area (Å²) >= 11 is 0. The Hall–Kier alpha value is -1.60. The maximum Gasteiger partial charge on any atom is 0.341 e. The molecular formula is C9H11NO5S. The van der Waals surface area contributed by atoms with Crippen molar-refractivity contribution in [2.75, 3.05) is 14.2 Å². The lowest BCUT2D eigenvalue weighted by atomic mass is 10.2. The summed E-state index contributed by atoms with van der Waals surface area (Å²) in [5, 5.41) is 4.94. The number of nitrogens with two attached hydrogens (primary N) is 1. The van der Waals surface area contributed by atoms with Crippen molar-refractivity contribution < 1.29 is 22.7 Å². The van der Waals surface area contributed by atoms with Crippen LogP contribution in [0.25, 0.3) is 0 Å². The van der Waals surface area contributed by atoms with E-state index in [0.29, 0.717) is 0 Å². The molecule has 0 atom stereocenters. The van der Waals surface area contributed by atoms with Crippen molar-refractivity contribution in [3.8, 4) is 5.75 Å². The molecule has 0 spiro atoms. The van der Waals surface area contributed by atoms with Crippen LogP contribution < -0.4 is 9.88 Å². The van der Waals surface area contributed by atoms with Crippen molar-refractivity contribution in [1.82, 2.24) is 0 Å². The van der Waals surface area contributed by atoms with Crippen LogP contribution in [0, 0.1) is 0 Å². The number of methoxy groups -OCH3 is 2. The van der Waals surface area contributed by atoms with Gasteiger partial charge in [-0.1, -0.05) is 0 Å². The molecule has 7 heteroatoms. The Kier molecular flexibility index (Phi) is 3.51. The van der Waals surface area contributed by atoms with Crippen molar-refractivity contribution in [3.05, 3.63) is 23.8 Å². The highest BCUT2D eigenvalue weighted by atomic mass is 32.2. The third-order valence-corrected chi connectivity index (χ3v) is 2.82. The summed E-state index contributed by atoms with van der Waals surface area (Å²) in [7, 11) is -1.28. The molecule has 1 rings (SSSR count). The van der Waals surface area contributed by atoms with Crippen LogP contribution in [0.3, 0.4) is 0 Å². The average Bonchev–Trinajstić information content (AvgIpc) is 2.26. The number of carbonyl (C=O) groups excluding carboxylic acids is 1. The quantitative estimate of drug-likeness (QED) is 0.763. The van der Waals surface area contributed by atoms with Gasteiger partial charge in [-0.25, -0.2) is 18.4 Å². The normalized spacial score (nSPS) is 10.9. The Morgan fingerprint density at radius 2 is 1.94 bits per heavy atom. The van der Waals surface area contributed by atoms with Crippen molar-refractivity contribution in [3.63, 3.8) is 0 Å². The smallest absolute Gasteiger partial charge is 0.341 e. The number of primary sulfonamides is 1. The van der Waals surface area contributed by atoms with Gasteiger partial charge in [0.15, 0.2) is 0 Å². The van der Waals surface area contributed by atoms with Gasteiger partial charge < -0.3 is 9.47 Å². The molecule has 0 bridgehead atoms. The molecule has 6 nitrogen and oxygen atoms in total. The predicted molar refractivity (Wildman–Crippen MR) is 55.7 cm³/mol. The molecule has 0 fully saturated rings. The number of benzene rings is 1. The fourth-order valence-electron chi connectivity index (χ4n) is 1.13. The minimum absolute atomic E-state index is 0.0957. The Labute approximate surface area is 93.0 Å². The van der Waals surface area contributed by atoms with Crippen molar-refractivity contribution in [2.45, 2.75) is 4.90 Å². The maximum atomic E-state index is 11.3. The average molecular weight is 245 g/mol. The molecule has 2 N–H and O–H groups in total. The first-order chi connectivity index (χ1) is 7.40. The van der Waals surface area contributed by atoms with E-state index in [2.05, 4.69) is 4.74 Å². The van der Waals surface area contributed by atoms with Crippen LogP contribution in [-0.4, -0.2) is 28.6 Å². The summed E-state index contributed by atoms with van der Waals surface area (Å²) in [5.41, 5.74) is 0.136. The lowest BCUT2D eigenvalue weighted by Crippen LogP contribution is -2.13. The summed E-state index contributed by atoms with van der Waals surface area (Å²) < 4.78 is 31.5. The first-order valence-electron chi connectivity index (χ1n) is 4.19. The molecule has 0 unspecified atom stereocenters. The fourth-order valence-corrected chi connectivity index (χ4v) is 1.66. The van der Waals surface area contributed by atoms with Crippen LogP contribution in [0.2, 0.25) is 0 Å². The molecule has 0 amide bonds. The maximum absolute atomic E-state index is 11.3. The van der Waals surface area contributed by atoms with Gasteiger partial charge in [0.05, 0.1) is 19.1 Å². The molecule has 0 saturated carbocycles. The van der Waals surface area contributed by atoms with E-state index in [-0.39, 0.29) is 16.2 Å². The van der Waals surface area contributed by atoms with Gasteiger partial charge in [-0.3, -0.25) is 0 Å². The minimum Gasteiger partial charge on any atom is -0.496 e. The van der Waals surface area contributed by atoms with Crippen molar-refractivity contribution >= 4 is 16.0 Å². The Bertz CT molecular complexity index is 509. The van der Waals surface area contributed by atoms with Gasteiger partial charge in [-0.05, 0) is 12.1 Å². The van der Waals surface area contributed by atoms with Gasteiger partial charge in [0.25, 0.3) is 0 Å². The third-order valence-electron chi connectivity index (χ3n) is 1.91. The molecule has 0 aliphatic heterocycles. The molecule has 0 saturated heterocycles. The van der Waals surface area contributed by atoms with Crippen LogP contribution >= 0.6 is 0 Å². The van der Waals surface area contributed by atoms with E-state index in [1.807, 2.05) is 0 Å². The lowest BCUT2D eigenvalue weighted by molar-refractivity contribution is 0.0597.